The molecule has 0 bridgehead atoms. The Labute approximate surface area is 132 Å². The Morgan fingerprint density at radius 1 is 1.18 bits per heavy atom. The van der Waals surface area contributed by atoms with Crippen LogP contribution in [0.4, 0.5) is 11.4 Å². The average molecular weight is 294 g/mol. The first-order valence-corrected chi connectivity index (χ1v) is 7.98. The molecule has 0 aliphatic carbocycles. The zero-order valence-electron chi connectivity index (χ0n) is 13.0. The van der Waals surface area contributed by atoms with E-state index in [0.717, 1.165) is 31.5 Å². The molecule has 0 atom stereocenters. The number of carbonyl (C=O) groups excluding carboxylic acids is 1. The van der Waals surface area contributed by atoms with E-state index in [1.165, 1.54) is 16.8 Å². The first-order chi connectivity index (χ1) is 10.8. The molecule has 1 aliphatic rings. The van der Waals surface area contributed by atoms with Crippen LogP contribution in [0.25, 0.3) is 0 Å². The number of benzene rings is 2. The molecule has 0 spiro atoms. The van der Waals surface area contributed by atoms with E-state index >= 15 is 0 Å². The number of rotatable bonds is 4. The quantitative estimate of drug-likeness (QED) is 0.933. The van der Waals surface area contributed by atoms with E-state index in [9.17, 15) is 4.79 Å². The summed E-state index contributed by atoms with van der Waals surface area (Å²) >= 11 is 0. The second-order valence-corrected chi connectivity index (χ2v) is 5.76. The summed E-state index contributed by atoms with van der Waals surface area (Å²) in [6.07, 6.45) is 3.19. The number of para-hydroxylation sites is 1. The predicted molar refractivity (Wildman–Crippen MR) is 91.4 cm³/mol. The number of carbonyl (C=O) groups is 1. The van der Waals surface area contributed by atoms with E-state index in [0.29, 0.717) is 6.54 Å². The van der Waals surface area contributed by atoms with Crippen molar-refractivity contribution in [2.24, 2.45) is 0 Å². The van der Waals surface area contributed by atoms with Gasteiger partial charge in [-0.05, 0) is 48.6 Å². The monoisotopic (exact) mass is 294 g/mol. The lowest BCUT2D eigenvalue weighted by Crippen LogP contribution is -2.36. The Bertz CT molecular complexity index is 666. The number of amides is 1. The van der Waals surface area contributed by atoms with E-state index in [4.69, 9.17) is 0 Å². The largest absolute Gasteiger partial charge is 0.362 e. The first-order valence-electron chi connectivity index (χ1n) is 7.98. The summed E-state index contributed by atoms with van der Waals surface area (Å²) < 4.78 is 0. The molecule has 1 aliphatic heterocycles. The van der Waals surface area contributed by atoms with Gasteiger partial charge in [0, 0.05) is 17.9 Å². The Hall–Kier alpha value is -2.29. The van der Waals surface area contributed by atoms with E-state index in [1.54, 1.807) is 0 Å². The number of nitrogens with zero attached hydrogens (tertiary/aromatic N) is 1. The van der Waals surface area contributed by atoms with Crippen molar-refractivity contribution in [1.82, 2.24) is 0 Å². The van der Waals surface area contributed by atoms with Crippen LogP contribution in [-0.4, -0.2) is 19.0 Å². The molecule has 0 saturated carbocycles. The number of fused-ring (bicyclic) bond motifs is 1. The van der Waals surface area contributed by atoms with Gasteiger partial charge in [-0.3, -0.25) is 4.79 Å². The van der Waals surface area contributed by atoms with Crippen molar-refractivity contribution in [3.8, 4) is 0 Å². The number of aryl methyl sites for hydroxylation is 2. The van der Waals surface area contributed by atoms with Gasteiger partial charge in [0.25, 0.3) is 0 Å². The van der Waals surface area contributed by atoms with Crippen molar-refractivity contribution in [1.29, 1.82) is 0 Å². The van der Waals surface area contributed by atoms with Gasteiger partial charge >= 0.3 is 0 Å². The van der Waals surface area contributed by atoms with Gasteiger partial charge in [-0.15, -0.1) is 0 Å². The van der Waals surface area contributed by atoms with E-state index in [-0.39, 0.29) is 5.91 Å². The molecule has 0 aromatic heterocycles. The summed E-state index contributed by atoms with van der Waals surface area (Å²) in [5.41, 5.74) is 4.66. The van der Waals surface area contributed by atoms with Gasteiger partial charge in [0.05, 0.1) is 6.54 Å². The third-order valence-electron chi connectivity index (χ3n) is 4.16. The molecule has 0 unspecified atom stereocenters. The molecular weight excluding hydrogens is 272 g/mol. The molecule has 3 nitrogen and oxygen atoms in total. The Morgan fingerprint density at radius 2 is 2.05 bits per heavy atom. The summed E-state index contributed by atoms with van der Waals surface area (Å²) in [6, 6.07) is 16.4. The van der Waals surface area contributed by atoms with Crippen LogP contribution in [-0.2, 0) is 17.6 Å². The highest BCUT2D eigenvalue weighted by atomic mass is 16.2. The third-order valence-corrected chi connectivity index (χ3v) is 4.16. The maximum absolute atomic E-state index is 12.3. The van der Waals surface area contributed by atoms with Gasteiger partial charge in [0.1, 0.15) is 0 Å². The number of anilines is 2. The van der Waals surface area contributed by atoms with Crippen LogP contribution in [0.1, 0.15) is 24.5 Å². The lowest BCUT2D eigenvalue weighted by Gasteiger charge is -2.30. The lowest BCUT2D eigenvalue weighted by molar-refractivity contribution is -0.115. The fourth-order valence-electron chi connectivity index (χ4n) is 3.02. The van der Waals surface area contributed by atoms with Crippen molar-refractivity contribution in [2.75, 3.05) is 23.3 Å². The maximum Gasteiger partial charge on any atom is 0.243 e. The van der Waals surface area contributed by atoms with Crippen LogP contribution in [0.5, 0.6) is 0 Å². The summed E-state index contributed by atoms with van der Waals surface area (Å²) in [7, 11) is 0. The minimum absolute atomic E-state index is 0.0463. The van der Waals surface area contributed by atoms with Crippen LogP contribution >= 0.6 is 0 Å². The molecule has 2 aromatic carbocycles. The zero-order chi connectivity index (χ0) is 15.4. The predicted octanol–water partition coefficient (Wildman–Crippen LogP) is 3.64. The highest BCUT2D eigenvalue weighted by Crippen LogP contribution is 2.26. The van der Waals surface area contributed by atoms with Crippen LogP contribution in [0, 0.1) is 0 Å². The summed E-state index contributed by atoms with van der Waals surface area (Å²) in [4.78, 5) is 14.5. The van der Waals surface area contributed by atoms with E-state index in [2.05, 4.69) is 41.4 Å². The number of hydrogen-bond donors (Lipinski definition) is 1. The molecule has 3 rings (SSSR count). The Balaban J connectivity index is 1.67. The normalized spacial score (nSPS) is 13.6. The van der Waals surface area contributed by atoms with Crippen LogP contribution in [0.15, 0.2) is 48.5 Å². The SMILES string of the molecule is CCc1cccc(NC(=O)CN2CCCc3ccccc32)c1. The molecular formula is C19H22N2O. The van der Waals surface area contributed by atoms with Gasteiger partial charge in [-0.2, -0.15) is 0 Å². The molecule has 1 amide bonds. The molecule has 22 heavy (non-hydrogen) atoms. The van der Waals surface area contributed by atoms with Gasteiger partial charge in [-0.25, -0.2) is 0 Å². The molecule has 0 fully saturated rings. The van der Waals surface area contributed by atoms with Crippen molar-refractivity contribution in [3.63, 3.8) is 0 Å². The molecule has 0 radical (unpaired) electrons. The minimum Gasteiger partial charge on any atom is -0.362 e. The molecule has 1 N–H and O–H groups in total. The van der Waals surface area contributed by atoms with Crippen molar-refractivity contribution < 1.29 is 4.79 Å². The van der Waals surface area contributed by atoms with Crippen molar-refractivity contribution in [2.45, 2.75) is 26.2 Å². The second kappa shape index (κ2) is 6.65. The molecule has 0 saturated heterocycles. The number of hydrogen-bond acceptors (Lipinski definition) is 2. The highest BCUT2D eigenvalue weighted by molar-refractivity contribution is 5.94. The number of nitrogens with one attached hydrogen (secondary N) is 1. The molecule has 114 valence electrons. The topological polar surface area (TPSA) is 32.3 Å². The average Bonchev–Trinajstić information content (AvgIpc) is 2.55. The van der Waals surface area contributed by atoms with E-state index < -0.39 is 0 Å². The Morgan fingerprint density at radius 3 is 2.91 bits per heavy atom. The second-order valence-electron chi connectivity index (χ2n) is 5.76. The van der Waals surface area contributed by atoms with Gasteiger partial charge in [0.15, 0.2) is 0 Å². The Kier molecular flexibility index (Phi) is 4.42. The highest BCUT2D eigenvalue weighted by Gasteiger charge is 2.18. The van der Waals surface area contributed by atoms with Crippen LogP contribution in [0.3, 0.4) is 0 Å². The van der Waals surface area contributed by atoms with E-state index in [1.807, 2.05) is 24.3 Å². The fourth-order valence-corrected chi connectivity index (χ4v) is 3.02. The maximum atomic E-state index is 12.3. The minimum atomic E-state index is 0.0463. The van der Waals surface area contributed by atoms with Gasteiger partial charge in [-0.1, -0.05) is 37.3 Å². The zero-order valence-corrected chi connectivity index (χ0v) is 13.0. The summed E-state index contributed by atoms with van der Waals surface area (Å²) in [6.45, 7) is 3.47. The van der Waals surface area contributed by atoms with Crippen molar-refractivity contribution >= 4 is 17.3 Å². The van der Waals surface area contributed by atoms with Crippen molar-refractivity contribution in [3.05, 3.63) is 59.7 Å². The lowest BCUT2D eigenvalue weighted by atomic mass is 10.0. The molecule has 2 aromatic rings. The summed E-state index contributed by atoms with van der Waals surface area (Å²) in [5, 5.41) is 3.01. The molecule has 3 heteroatoms. The molecule has 1 heterocycles. The smallest absolute Gasteiger partial charge is 0.243 e. The fraction of sp³-hybridized carbons (Fsp3) is 0.316. The third kappa shape index (κ3) is 3.30. The van der Waals surface area contributed by atoms with Gasteiger partial charge in [0.2, 0.25) is 5.91 Å². The summed E-state index contributed by atoms with van der Waals surface area (Å²) in [5.74, 6) is 0.0463. The van der Waals surface area contributed by atoms with Gasteiger partial charge < -0.3 is 10.2 Å². The standard InChI is InChI=1S/C19H22N2O/c1-2-15-7-5-10-17(13-15)20-19(22)14-21-12-6-9-16-8-3-4-11-18(16)21/h3-5,7-8,10-11,13H,2,6,9,12,14H2,1H3,(H,20,22). The van der Waals surface area contributed by atoms with Crippen LogP contribution in [0.2, 0.25) is 0 Å². The first kappa shape index (κ1) is 14.6. The van der Waals surface area contributed by atoms with Crippen LogP contribution < -0.4 is 10.2 Å².